The molecule has 2 atom stereocenters. The van der Waals surface area contributed by atoms with Crippen LogP contribution in [0.1, 0.15) is 427 Å². The SMILES string of the molecule is CCCCC/C=C\C/C=C\CCCCCCCC(=O)OCCN(CCOC(=O)CCCCCCC/C=C\C/C=C\CCCCC)C(=O)CCC(=O)NC(CCCCNC(C)=O)C(=O)NCCCOCCOCCOCCOCCOCCCNC(=O)[C@H](CCCCNC(C)=O)NC(=O)CCC(=O)N(CCOC(=O)CCCCCCC/C=C\C/C=C\CCCCC)CCOC(=O)CCCCCCC/C=C\C/C=C\CCCCC. The van der Waals surface area contributed by atoms with Gasteiger partial charge in [-0.05, 0) is 205 Å². The van der Waals surface area contributed by atoms with Crippen LogP contribution in [-0.2, 0) is 100 Å². The van der Waals surface area contributed by atoms with E-state index in [1.807, 2.05) is 0 Å². The Morgan fingerprint density at radius 1 is 0.224 bits per heavy atom. The molecular weight excluding hydrogens is 1870 g/mol. The van der Waals surface area contributed by atoms with Crippen LogP contribution in [0.15, 0.2) is 97.2 Å². The Hall–Kier alpha value is -8.64. The summed E-state index contributed by atoms with van der Waals surface area (Å²) in [5, 5.41) is 17.0. The Morgan fingerprint density at radius 2 is 0.449 bits per heavy atom. The summed E-state index contributed by atoms with van der Waals surface area (Å²) in [5.41, 5.74) is 0. The van der Waals surface area contributed by atoms with Gasteiger partial charge in [-0.1, -0.05) is 253 Å². The average Bonchev–Trinajstić information content (AvgIpc) is 0.908. The number of nitrogens with zero attached hydrogens (tertiary/aromatic N) is 2. The summed E-state index contributed by atoms with van der Waals surface area (Å²) in [7, 11) is 0. The first-order valence-corrected chi connectivity index (χ1v) is 57.8. The molecule has 0 radical (unpaired) electrons. The number of carbonyl (C=O) groups is 12. The summed E-state index contributed by atoms with van der Waals surface area (Å²) >= 11 is 0. The molecule has 0 saturated carbocycles. The van der Waals surface area contributed by atoms with Crippen molar-refractivity contribution in [2.45, 2.75) is 439 Å². The molecule has 1 unspecified atom stereocenters. The maximum absolute atomic E-state index is 13.8. The van der Waals surface area contributed by atoms with E-state index in [2.05, 4.69) is 157 Å². The minimum atomic E-state index is -0.910. The Balaban J connectivity index is 5.20. The number of unbranched alkanes of at least 4 members (excludes halogenated alkanes) is 34. The second-order valence-corrected chi connectivity index (χ2v) is 38.1. The normalized spacial score (nSPS) is 12.1. The molecule has 0 saturated heterocycles. The van der Waals surface area contributed by atoms with Gasteiger partial charge in [-0.2, -0.15) is 0 Å². The fraction of sp³-hybridized carbons (Fsp3) is 0.763. The molecule has 0 heterocycles. The van der Waals surface area contributed by atoms with Crippen LogP contribution in [0.2, 0.25) is 0 Å². The van der Waals surface area contributed by atoms with Crippen molar-refractivity contribution in [1.29, 1.82) is 0 Å². The van der Waals surface area contributed by atoms with Gasteiger partial charge in [0.2, 0.25) is 47.3 Å². The maximum Gasteiger partial charge on any atom is 0.305 e. The number of amides is 8. The van der Waals surface area contributed by atoms with Crippen LogP contribution in [-0.4, -0.2) is 238 Å². The summed E-state index contributed by atoms with van der Waals surface area (Å²) in [5.74, 6) is -4.33. The highest BCUT2D eigenvalue weighted by Gasteiger charge is 2.26. The Bertz CT molecular complexity index is 3140. The topological polar surface area (TPSA) is 367 Å². The highest BCUT2D eigenvalue weighted by Crippen LogP contribution is 2.17. The number of allylic oxidation sites excluding steroid dienone is 16. The molecule has 0 fully saturated rings. The van der Waals surface area contributed by atoms with Crippen molar-refractivity contribution in [3.8, 4) is 0 Å². The van der Waals surface area contributed by atoms with Gasteiger partial charge in [0, 0.05) is 105 Å². The van der Waals surface area contributed by atoms with Gasteiger partial charge in [-0.3, -0.25) is 57.5 Å². The Morgan fingerprint density at radius 3 is 0.694 bits per heavy atom. The highest BCUT2D eigenvalue weighted by atomic mass is 16.6. The predicted octanol–water partition coefficient (Wildman–Crippen LogP) is 22.3. The zero-order valence-corrected chi connectivity index (χ0v) is 92.8. The zero-order chi connectivity index (χ0) is 107. The van der Waals surface area contributed by atoms with Crippen LogP contribution in [0.5, 0.6) is 0 Å². The molecule has 0 rings (SSSR count). The lowest BCUT2D eigenvalue weighted by molar-refractivity contribution is -0.148. The van der Waals surface area contributed by atoms with E-state index in [4.69, 9.17) is 42.6 Å². The molecule has 0 aromatic rings. The fourth-order valence-electron chi connectivity index (χ4n) is 15.7. The lowest BCUT2D eigenvalue weighted by atomic mass is 10.1. The van der Waals surface area contributed by atoms with Gasteiger partial charge < -0.3 is 84.3 Å². The van der Waals surface area contributed by atoms with E-state index in [9.17, 15) is 57.5 Å². The number of rotatable bonds is 108. The average molecular weight is 2070 g/mol. The van der Waals surface area contributed by atoms with E-state index in [0.29, 0.717) is 143 Å². The summed E-state index contributed by atoms with van der Waals surface area (Å²) in [4.78, 5) is 159. The summed E-state index contributed by atoms with van der Waals surface area (Å²) in [6.07, 6.45) is 86.8. The van der Waals surface area contributed by atoms with Crippen LogP contribution in [0, 0.1) is 0 Å². The van der Waals surface area contributed by atoms with E-state index in [1.54, 1.807) is 0 Å². The smallest absolute Gasteiger partial charge is 0.305 e. The van der Waals surface area contributed by atoms with E-state index in [-0.39, 0.29) is 166 Å². The number of hydrogen-bond donors (Lipinski definition) is 6. The molecule has 0 aromatic heterocycles. The first-order valence-electron chi connectivity index (χ1n) is 57.8. The molecule has 0 aliphatic heterocycles. The van der Waals surface area contributed by atoms with E-state index in [1.165, 1.54) is 101 Å². The second kappa shape index (κ2) is 110. The van der Waals surface area contributed by atoms with Gasteiger partial charge in [0.15, 0.2) is 0 Å². The molecule has 0 aliphatic rings. The molecule has 0 aromatic carbocycles. The standard InChI is InChI=1S/C118H206N8O21/c1-7-11-15-19-23-27-31-35-39-43-47-51-55-59-63-75-113(133)144-93-87-125(88-94-145-114(134)76-64-60-56-52-48-44-40-36-32-28-24-20-16-12-8-2)111(131)81-79-109(129)123-107(73-67-69-83-119-105(5)127)117(137)121-85-71-91-139-97-99-141-101-103-143-104-102-142-100-98-140-92-72-86-122-118(138)108(74-68-70-84-120-106(6)128)124-110(130)80-82-112(132)126(89-95-146-115(135)77-65-61-57-53-49-45-41-37-33-29-25-21-17-13-9-3)90-96-147-116(136)78-66-62-58-54-50-46-42-38-34-30-26-22-18-14-10-4/h23-30,35-42,107-108H,7-22,31-34,43-104H2,1-6H3,(H,119,127)(H,120,128)(H,121,137)(H,122,138)(H,123,129)(H,124,130)/b27-23-,28-24-,29-25-,30-26-,39-35-,40-36-,41-37-,42-38-/t107-,108?/m0/s1. The first-order chi connectivity index (χ1) is 71.9. The number of nitrogens with one attached hydrogen (secondary N) is 6. The summed E-state index contributed by atoms with van der Waals surface area (Å²) < 4.78 is 50.8. The van der Waals surface area contributed by atoms with Crippen molar-refractivity contribution >= 4 is 71.1 Å². The third-order valence-corrected chi connectivity index (χ3v) is 24.6. The third-order valence-electron chi connectivity index (χ3n) is 24.6. The molecule has 29 heteroatoms. The first kappa shape index (κ1) is 138. The van der Waals surface area contributed by atoms with E-state index >= 15 is 0 Å². The minimum Gasteiger partial charge on any atom is -0.464 e. The van der Waals surface area contributed by atoms with Crippen LogP contribution >= 0.6 is 0 Å². The third kappa shape index (κ3) is 102. The van der Waals surface area contributed by atoms with Crippen molar-refractivity contribution in [1.82, 2.24) is 41.7 Å². The number of ether oxygens (including phenoxy) is 9. The van der Waals surface area contributed by atoms with Gasteiger partial charge in [0.05, 0.1) is 79.0 Å². The minimum absolute atomic E-state index is 0.0471. The molecule has 0 bridgehead atoms. The van der Waals surface area contributed by atoms with Gasteiger partial charge in [0.1, 0.15) is 38.5 Å². The molecule has 844 valence electrons. The lowest BCUT2D eigenvalue weighted by Crippen LogP contribution is -2.47. The summed E-state index contributed by atoms with van der Waals surface area (Å²) in [6, 6.07) is -1.82. The second-order valence-electron chi connectivity index (χ2n) is 38.1. The van der Waals surface area contributed by atoms with Crippen LogP contribution in [0.25, 0.3) is 0 Å². The van der Waals surface area contributed by atoms with E-state index < -0.39 is 47.5 Å². The zero-order valence-electron chi connectivity index (χ0n) is 92.8. The van der Waals surface area contributed by atoms with Crippen molar-refractivity contribution in [3.63, 3.8) is 0 Å². The van der Waals surface area contributed by atoms with Gasteiger partial charge in [0.25, 0.3) is 0 Å². The highest BCUT2D eigenvalue weighted by molar-refractivity contribution is 5.90. The lowest BCUT2D eigenvalue weighted by Gasteiger charge is -2.23. The number of carbonyl (C=O) groups excluding carboxylic acids is 12. The van der Waals surface area contributed by atoms with Gasteiger partial charge in [-0.15, -0.1) is 0 Å². The molecular formula is C118H206N8O21. The van der Waals surface area contributed by atoms with Gasteiger partial charge in [-0.25, -0.2) is 0 Å². The predicted molar refractivity (Wildman–Crippen MR) is 591 cm³/mol. The Labute approximate surface area is 889 Å². The molecule has 147 heavy (non-hydrogen) atoms. The van der Waals surface area contributed by atoms with Crippen LogP contribution in [0.4, 0.5) is 0 Å². The largest absolute Gasteiger partial charge is 0.464 e. The molecule has 0 aliphatic carbocycles. The van der Waals surface area contributed by atoms with Crippen LogP contribution in [0.3, 0.4) is 0 Å². The molecule has 29 nitrogen and oxygen atoms in total. The van der Waals surface area contributed by atoms with Crippen molar-refractivity contribution < 1.29 is 100 Å². The fourth-order valence-corrected chi connectivity index (χ4v) is 15.7. The Kier molecular flexibility index (Phi) is 104. The van der Waals surface area contributed by atoms with Crippen LogP contribution < -0.4 is 31.9 Å². The number of hydrogen-bond acceptors (Lipinski definition) is 21. The molecule has 0 spiro atoms. The number of esters is 4. The van der Waals surface area contributed by atoms with Crippen molar-refractivity contribution in [3.05, 3.63) is 97.2 Å². The monoisotopic (exact) mass is 2070 g/mol. The van der Waals surface area contributed by atoms with Crippen molar-refractivity contribution in [2.75, 3.05) is 145 Å². The quantitative estimate of drug-likeness (QED) is 0.0143. The maximum atomic E-state index is 13.8. The summed E-state index contributed by atoms with van der Waals surface area (Å²) in [6.45, 7) is 16.3. The molecule has 8 amide bonds. The van der Waals surface area contributed by atoms with Crippen molar-refractivity contribution in [2.24, 2.45) is 0 Å². The molecule has 6 N–H and O–H groups in total. The van der Waals surface area contributed by atoms with Gasteiger partial charge >= 0.3 is 23.9 Å². The van der Waals surface area contributed by atoms with E-state index in [0.717, 1.165) is 180 Å².